The molecule has 0 saturated heterocycles. The summed E-state index contributed by atoms with van der Waals surface area (Å²) in [5.74, 6) is 0.574. The van der Waals surface area contributed by atoms with Crippen molar-refractivity contribution in [2.45, 2.75) is 122 Å². The molecule has 0 bridgehead atoms. The molecule has 0 aromatic carbocycles. The van der Waals surface area contributed by atoms with Crippen molar-refractivity contribution in [2.75, 3.05) is 0 Å². The standard InChI is InChI=1S/C20H40O/c1-3-5-6-7-8-9-10-11-12-14-17-20(21)18-15-13-16-19(20)4-2/h19,21H,3-18H2,1-2H3. The van der Waals surface area contributed by atoms with Gasteiger partial charge in [0.25, 0.3) is 0 Å². The Kier molecular flexibility index (Phi) is 10.4. The Hall–Kier alpha value is -0.0400. The molecule has 1 rings (SSSR count). The van der Waals surface area contributed by atoms with Gasteiger partial charge in [0.05, 0.1) is 5.60 Å². The van der Waals surface area contributed by atoms with Crippen LogP contribution in [0.1, 0.15) is 117 Å². The number of rotatable bonds is 12. The fourth-order valence-corrected chi connectivity index (χ4v) is 4.13. The molecule has 1 aliphatic rings. The summed E-state index contributed by atoms with van der Waals surface area (Å²) in [7, 11) is 0. The number of aliphatic hydroxyl groups is 1. The maximum Gasteiger partial charge on any atom is 0.0675 e. The molecule has 0 aliphatic heterocycles. The van der Waals surface area contributed by atoms with Crippen LogP contribution in [0.2, 0.25) is 0 Å². The highest BCUT2D eigenvalue weighted by molar-refractivity contribution is 4.89. The van der Waals surface area contributed by atoms with E-state index in [2.05, 4.69) is 13.8 Å². The summed E-state index contributed by atoms with van der Waals surface area (Å²) in [5, 5.41) is 10.9. The lowest BCUT2D eigenvalue weighted by Crippen LogP contribution is -2.40. The van der Waals surface area contributed by atoms with Crippen LogP contribution in [-0.4, -0.2) is 10.7 Å². The van der Waals surface area contributed by atoms with Gasteiger partial charge in [-0.1, -0.05) is 97.3 Å². The van der Waals surface area contributed by atoms with Crippen LogP contribution in [0.4, 0.5) is 0 Å². The Morgan fingerprint density at radius 3 is 1.95 bits per heavy atom. The summed E-state index contributed by atoms with van der Waals surface area (Å²) in [6, 6.07) is 0. The van der Waals surface area contributed by atoms with Gasteiger partial charge in [0, 0.05) is 0 Å². The van der Waals surface area contributed by atoms with Crippen LogP contribution in [0.25, 0.3) is 0 Å². The van der Waals surface area contributed by atoms with E-state index in [9.17, 15) is 5.11 Å². The van der Waals surface area contributed by atoms with Gasteiger partial charge in [0.15, 0.2) is 0 Å². The largest absolute Gasteiger partial charge is 0.390 e. The summed E-state index contributed by atoms with van der Waals surface area (Å²) in [5.41, 5.74) is -0.312. The van der Waals surface area contributed by atoms with E-state index in [4.69, 9.17) is 0 Å². The second kappa shape index (κ2) is 11.5. The van der Waals surface area contributed by atoms with Crippen LogP contribution in [0.3, 0.4) is 0 Å². The molecular weight excluding hydrogens is 256 g/mol. The average Bonchev–Trinajstić information content (AvgIpc) is 2.49. The predicted molar refractivity (Wildman–Crippen MR) is 93.7 cm³/mol. The fourth-order valence-electron chi connectivity index (χ4n) is 4.13. The summed E-state index contributed by atoms with van der Waals surface area (Å²) in [6.07, 6.45) is 20.9. The van der Waals surface area contributed by atoms with Crippen molar-refractivity contribution in [2.24, 2.45) is 5.92 Å². The topological polar surface area (TPSA) is 20.2 Å². The van der Waals surface area contributed by atoms with Gasteiger partial charge in [-0.2, -0.15) is 0 Å². The molecule has 1 nitrogen and oxygen atoms in total. The fraction of sp³-hybridized carbons (Fsp3) is 1.00. The van der Waals surface area contributed by atoms with Gasteiger partial charge in [-0.3, -0.25) is 0 Å². The zero-order valence-corrected chi connectivity index (χ0v) is 14.8. The molecule has 126 valence electrons. The minimum atomic E-state index is -0.312. The molecule has 0 aromatic heterocycles. The lowest BCUT2D eigenvalue weighted by atomic mass is 9.71. The highest BCUT2D eigenvalue weighted by Gasteiger charge is 2.36. The Labute approximate surface area is 133 Å². The third-order valence-electron chi connectivity index (χ3n) is 5.63. The summed E-state index contributed by atoms with van der Waals surface area (Å²) >= 11 is 0. The molecule has 0 amide bonds. The van der Waals surface area contributed by atoms with E-state index < -0.39 is 0 Å². The van der Waals surface area contributed by atoms with Crippen LogP contribution in [0, 0.1) is 5.92 Å². The van der Waals surface area contributed by atoms with Gasteiger partial charge in [-0.25, -0.2) is 0 Å². The van der Waals surface area contributed by atoms with Crippen molar-refractivity contribution in [3.8, 4) is 0 Å². The third kappa shape index (κ3) is 7.68. The maximum absolute atomic E-state index is 10.9. The zero-order valence-electron chi connectivity index (χ0n) is 14.8. The zero-order chi connectivity index (χ0) is 15.4. The van der Waals surface area contributed by atoms with E-state index in [0.717, 1.165) is 19.3 Å². The van der Waals surface area contributed by atoms with Crippen molar-refractivity contribution < 1.29 is 5.11 Å². The number of hydrogen-bond donors (Lipinski definition) is 1. The molecule has 1 heteroatoms. The lowest BCUT2D eigenvalue weighted by Gasteiger charge is -2.40. The summed E-state index contributed by atoms with van der Waals surface area (Å²) in [4.78, 5) is 0. The molecule has 0 spiro atoms. The van der Waals surface area contributed by atoms with Crippen LogP contribution in [-0.2, 0) is 0 Å². The summed E-state index contributed by atoms with van der Waals surface area (Å²) < 4.78 is 0. The maximum atomic E-state index is 10.9. The monoisotopic (exact) mass is 296 g/mol. The first-order valence-corrected chi connectivity index (χ1v) is 9.95. The van der Waals surface area contributed by atoms with E-state index in [1.807, 2.05) is 0 Å². The molecular formula is C20H40O. The minimum absolute atomic E-state index is 0.312. The first kappa shape index (κ1) is 19.0. The lowest BCUT2D eigenvalue weighted by molar-refractivity contribution is -0.0579. The van der Waals surface area contributed by atoms with E-state index >= 15 is 0 Å². The molecule has 1 N–H and O–H groups in total. The third-order valence-corrected chi connectivity index (χ3v) is 5.63. The number of unbranched alkanes of at least 4 members (excludes halogenated alkanes) is 9. The van der Waals surface area contributed by atoms with Gasteiger partial charge in [-0.05, 0) is 25.2 Å². The van der Waals surface area contributed by atoms with Crippen LogP contribution in [0.15, 0.2) is 0 Å². The normalized spacial score (nSPS) is 26.1. The van der Waals surface area contributed by atoms with Crippen molar-refractivity contribution in [1.82, 2.24) is 0 Å². The quantitative estimate of drug-likeness (QED) is 0.401. The molecule has 1 aliphatic carbocycles. The van der Waals surface area contributed by atoms with E-state index in [1.54, 1.807) is 0 Å². The van der Waals surface area contributed by atoms with Crippen molar-refractivity contribution >= 4 is 0 Å². The predicted octanol–water partition coefficient (Wildman–Crippen LogP) is 6.63. The van der Waals surface area contributed by atoms with Gasteiger partial charge in [0.1, 0.15) is 0 Å². The highest BCUT2D eigenvalue weighted by atomic mass is 16.3. The highest BCUT2D eigenvalue weighted by Crippen LogP contribution is 2.39. The van der Waals surface area contributed by atoms with E-state index in [-0.39, 0.29) is 5.60 Å². The minimum Gasteiger partial charge on any atom is -0.390 e. The Bertz CT molecular complexity index is 238. The Morgan fingerprint density at radius 1 is 0.810 bits per heavy atom. The first-order chi connectivity index (χ1) is 10.2. The van der Waals surface area contributed by atoms with Crippen molar-refractivity contribution in [3.05, 3.63) is 0 Å². The van der Waals surface area contributed by atoms with E-state index in [1.165, 1.54) is 83.5 Å². The molecule has 21 heavy (non-hydrogen) atoms. The summed E-state index contributed by atoms with van der Waals surface area (Å²) in [6.45, 7) is 4.53. The van der Waals surface area contributed by atoms with Gasteiger partial charge < -0.3 is 5.11 Å². The molecule has 1 fully saturated rings. The van der Waals surface area contributed by atoms with Crippen LogP contribution >= 0.6 is 0 Å². The van der Waals surface area contributed by atoms with Crippen molar-refractivity contribution in [1.29, 1.82) is 0 Å². The van der Waals surface area contributed by atoms with Crippen molar-refractivity contribution in [3.63, 3.8) is 0 Å². The molecule has 0 aromatic rings. The Morgan fingerprint density at radius 2 is 1.38 bits per heavy atom. The van der Waals surface area contributed by atoms with Gasteiger partial charge >= 0.3 is 0 Å². The molecule has 2 atom stereocenters. The Balaban J connectivity index is 1.98. The second-order valence-corrected chi connectivity index (χ2v) is 7.39. The van der Waals surface area contributed by atoms with E-state index in [0.29, 0.717) is 5.92 Å². The second-order valence-electron chi connectivity index (χ2n) is 7.39. The SMILES string of the molecule is CCCCCCCCCCCCC1(O)CCCCC1CC. The van der Waals surface area contributed by atoms with Gasteiger partial charge in [-0.15, -0.1) is 0 Å². The number of hydrogen-bond acceptors (Lipinski definition) is 1. The smallest absolute Gasteiger partial charge is 0.0675 e. The molecule has 1 saturated carbocycles. The van der Waals surface area contributed by atoms with Crippen LogP contribution < -0.4 is 0 Å². The average molecular weight is 297 g/mol. The molecule has 0 heterocycles. The van der Waals surface area contributed by atoms with Crippen LogP contribution in [0.5, 0.6) is 0 Å². The molecule has 2 unspecified atom stereocenters. The van der Waals surface area contributed by atoms with Gasteiger partial charge in [0.2, 0.25) is 0 Å². The first-order valence-electron chi connectivity index (χ1n) is 9.95. The molecule has 0 radical (unpaired) electrons.